The van der Waals surface area contributed by atoms with Crippen LogP contribution in [0.3, 0.4) is 0 Å². The molecule has 0 unspecified atom stereocenters. The van der Waals surface area contributed by atoms with Crippen molar-refractivity contribution in [3.8, 4) is 0 Å². The van der Waals surface area contributed by atoms with Crippen molar-refractivity contribution in [1.29, 1.82) is 0 Å². The zero-order valence-electron chi connectivity index (χ0n) is 10.0. The first-order chi connectivity index (χ1) is 8.67. The van der Waals surface area contributed by atoms with E-state index in [0.29, 0.717) is 23.4 Å². The predicted molar refractivity (Wildman–Crippen MR) is 68.2 cm³/mol. The van der Waals surface area contributed by atoms with Crippen molar-refractivity contribution in [3.63, 3.8) is 0 Å². The summed E-state index contributed by atoms with van der Waals surface area (Å²) in [4.78, 5) is 25.9. The van der Waals surface area contributed by atoms with E-state index in [4.69, 9.17) is 5.73 Å². The molecular weight excluding hydrogens is 232 g/mol. The van der Waals surface area contributed by atoms with Crippen molar-refractivity contribution in [3.05, 3.63) is 23.8 Å². The van der Waals surface area contributed by atoms with Crippen molar-refractivity contribution in [1.82, 2.24) is 9.55 Å². The Morgan fingerprint density at radius 3 is 2.94 bits per heavy atom. The van der Waals surface area contributed by atoms with Gasteiger partial charge in [0, 0.05) is 12.1 Å². The average Bonchev–Trinajstić information content (AvgIpc) is 2.68. The third kappa shape index (κ3) is 2.04. The molecule has 2 rings (SSSR count). The fourth-order valence-corrected chi connectivity index (χ4v) is 1.90. The van der Waals surface area contributed by atoms with Crippen LogP contribution in [-0.2, 0) is 11.3 Å². The van der Waals surface area contributed by atoms with Crippen LogP contribution >= 0.6 is 0 Å². The molecule has 0 radical (unpaired) electrons. The summed E-state index contributed by atoms with van der Waals surface area (Å²) in [5.74, 6) is -0.0182. The zero-order valence-corrected chi connectivity index (χ0v) is 10.0. The number of carbonyl (C=O) groups excluding carboxylic acids is 2. The first-order valence-electron chi connectivity index (χ1n) is 5.67. The normalized spacial score (nSPS) is 10.5. The summed E-state index contributed by atoms with van der Waals surface area (Å²) in [7, 11) is 0. The van der Waals surface area contributed by atoms with Crippen molar-refractivity contribution >= 4 is 29.3 Å². The number of rotatable bonds is 5. The lowest BCUT2D eigenvalue weighted by atomic mass is 10.2. The average molecular weight is 246 g/mol. The summed E-state index contributed by atoms with van der Waals surface area (Å²) in [6, 6.07) is 5.07. The number of nitrogens with zero attached hydrogens (tertiary/aromatic N) is 2. The molecular formula is C12H14N4O2. The number of nitrogens with one attached hydrogen (secondary N) is 1. The molecule has 1 aromatic heterocycles. The number of nitrogens with two attached hydrogens (primary N) is 1. The van der Waals surface area contributed by atoms with E-state index in [1.165, 1.54) is 0 Å². The Morgan fingerprint density at radius 2 is 2.33 bits per heavy atom. The predicted octanol–water partition coefficient (Wildman–Crippen LogP) is 1.11. The number of aromatic nitrogens is 2. The maximum Gasteiger partial charge on any atom is 0.248 e. The highest BCUT2D eigenvalue weighted by molar-refractivity contribution is 5.96. The molecule has 0 saturated carbocycles. The van der Waals surface area contributed by atoms with E-state index in [9.17, 15) is 9.59 Å². The van der Waals surface area contributed by atoms with Gasteiger partial charge in [0.15, 0.2) is 0 Å². The van der Waals surface area contributed by atoms with Crippen LogP contribution < -0.4 is 11.1 Å². The molecule has 1 heterocycles. The molecule has 2 aromatic rings. The minimum absolute atomic E-state index is 0.404. The Hall–Kier alpha value is -2.37. The largest absolute Gasteiger partial charge is 0.366 e. The number of aryl methyl sites for hydroxylation is 1. The van der Waals surface area contributed by atoms with Gasteiger partial charge >= 0.3 is 0 Å². The van der Waals surface area contributed by atoms with Gasteiger partial charge in [0.1, 0.15) is 0 Å². The van der Waals surface area contributed by atoms with Gasteiger partial charge in [-0.05, 0) is 24.6 Å². The topological polar surface area (TPSA) is 90.0 Å². The Kier molecular flexibility index (Phi) is 3.27. The molecule has 0 bridgehead atoms. The molecule has 0 aliphatic carbocycles. The lowest BCUT2D eigenvalue weighted by molar-refractivity contribution is -0.105. The summed E-state index contributed by atoms with van der Waals surface area (Å²) in [6.07, 6.45) is 1.50. The van der Waals surface area contributed by atoms with E-state index in [2.05, 4.69) is 10.3 Å². The highest BCUT2D eigenvalue weighted by Crippen LogP contribution is 2.21. The molecule has 0 fully saturated rings. The molecule has 1 aromatic carbocycles. The summed E-state index contributed by atoms with van der Waals surface area (Å²) in [5.41, 5.74) is 7.14. The Balaban J connectivity index is 2.59. The van der Waals surface area contributed by atoms with Gasteiger partial charge in [0.25, 0.3) is 0 Å². The zero-order chi connectivity index (χ0) is 13.1. The summed E-state index contributed by atoms with van der Waals surface area (Å²) in [5, 5.41) is 2.55. The molecule has 2 amide bonds. The van der Waals surface area contributed by atoms with Crippen LogP contribution in [0.2, 0.25) is 0 Å². The van der Waals surface area contributed by atoms with Crippen LogP contribution in [0.1, 0.15) is 23.7 Å². The quantitative estimate of drug-likeness (QED) is 0.774. The SMILES string of the molecule is CCCn1c(NC=O)nc2cc(C(N)=O)ccc21. The van der Waals surface area contributed by atoms with Crippen LogP contribution in [0.15, 0.2) is 18.2 Å². The van der Waals surface area contributed by atoms with Gasteiger partial charge < -0.3 is 10.3 Å². The number of hydrogen-bond acceptors (Lipinski definition) is 3. The number of primary amides is 1. The standard InChI is InChI=1S/C12H14N4O2/c1-2-5-16-10-4-3-8(11(13)18)6-9(10)15-12(16)14-7-17/h3-4,6-7H,2,5H2,1H3,(H2,13,18)(H,14,15,17). The van der Waals surface area contributed by atoms with E-state index in [0.717, 1.165) is 18.5 Å². The number of anilines is 1. The maximum atomic E-state index is 11.1. The highest BCUT2D eigenvalue weighted by Gasteiger charge is 2.11. The minimum atomic E-state index is -0.494. The number of benzene rings is 1. The molecule has 0 aliphatic heterocycles. The van der Waals surface area contributed by atoms with Crippen molar-refractivity contribution < 1.29 is 9.59 Å². The Labute approximate surface area is 104 Å². The number of carbonyl (C=O) groups is 2. The van der Waals surface area contributed by atoms with Crippen LogP contribution in [0, 0.1) is 0 Å². The third-order valence-corrected chi connectivity index (χ3v) is 2.67. The van der Waals surface area contributed by atoms with E-state index >= 15 is 0 Å². The molecule has 0 saturated heterocycles. The van der Waals surface area contributed by atoms with Gasteiger partial charge in [0.2, 0.25) is 18.3 Å². The van der Waals surface area contributed by atoms with E-state index < -0.39 is 5.91 Å². The Morgan fingerprint density at radius 1 is 1.56 bits per heavy atom. The van der Waals surface area contributed by atoms with Crippen LogP contribution in [0.5, 0.6) is 0 Å². The first kappa shape index (κ1) is 12.1. The van der Waals surface area contributed by atoms with Crippen molar-refractivity contribution in [2.24, 2.45) is 5.73 Å². The lowest BCUT2D eigenvalue weighted by Crippen LogP contribution is -2.10. The van der Waals surface area contributed by atoms with Gasteiger partial charge in [-0.25, -0.2) is 4.98 Å². The van der Waals surface area contributed by atoms with Crippen LogP contribution in [-0.4, -0.2) is 21.9 Å². The molecule has 3 N–H and O–H groups in total. The number of hydrogen-bond donors (Lipinski definition) is 2. The summed E-state index contributed by atoms with van der Waals surface area (Å²) >= 11 is 0. The van der Waals surface area contributed by atoms with Crippen molar-refractivity contribution in [2.45, 2.75) is 19.9 Å². The fourth-order valence-electron chi connectivity index (χ4n) is 1.90. The molecule has 0 aliphatic rings. The van der Waals surface area contributed by atoms with Crippen LogP contribution in [0.4, 0.5) is 5.95 Å². The lowest BCUT2D eigenvalue weighted by Gasteiger charge is -2.05. The second kappa shape index (κ2) is 4.87. The maximum absolute atomic E-state index is 11.1. The number of imidazole rings is 1. The molecule has 6 nitrogen and oxygen atoms in total. The summed E-state index contributed by atoms with van der Waals surface area (Å²) in [6.45, 7) is 2.77. The van der Waals surface area contributed by atoms with E-state index in [1.807, 2.05) is 11.5 Å². The minimum Gasteiger partial charge on any atom is -0.366 e. The van der Waals surface area contributed by atoms with Crippen LogP contribution in [0.25, 0.3) is 11.0 Å². The molecule has 0 spiro atoms. The monoisotopic (exact) mass is 246 g/mol. The van der Waals surface area contributed by atoms with Gasteiger partial charge in [-0.15, -0.1) is 0 Å². The van der Waals surface area contributed by atoms with Gasteiger partial charge in [-0.1, -0.05) is 6.92 Å². The highest BCUT2D eigenvalue weighted by atomic mass is 16.1. The Bertz CT molecular complexity index is 603. The van der Waals surface area contributed by atoms with Crippen molar-refractivity contribution in [2.75, 3.05) is 5.32 Å². The molecule has 6 heteroatoms. The number of amides is 2. The van der Waals surface area contributed by atoms with E-state index in [1.54, 1.807) is 18.2 Å². The molecule has 18 heavy (non-hydrogen) atoms. The second-order valence-electron chi connectivity index (χ2n) is 3.92. The first-order valence-corrected chi connectivity index (χ1v) is 5.67. The second-order valence-corrected chi connectivity index (χ2v) is 3.92. The fraction of sp³-hybridized carbons (Fsp3) is 0.250. The van der Waals surface area contributed by atoms with Gasteiger partial charge in [-0.2, -0.15) is 0 Å². The third-order valence-electron chi connectivity index (χ3n) is 2.67. The summed E-state index contributed by atoms with van der Waals surface area (Å²) < 4.78 is 1.90. The van der Waals surface area contributed by atoms with Gasteiger partial charge in [0.05, 0.1) is 11.0 Å². The van der Waals surface area contributed by atoms with E-state index in [-0.39, 0.29) is 0 Å². The molecule has 94 valence electrons. The smallest absolute Gasteiger partial charge is 0.248 e. The molecule has 0 atom stereocenters. The number of fused-ring (bicyclic) bond motifs is 1. The van der Waals surface area contributed by atoms with Gasteiger partial charge in [-0.3, -0.25) is 14.9 Å².